The van der Waals surface area contributed by atoms with Crippen molar-refractivity contribution < 1.29 is 14.7 Å². The van der Waals surface area contributed by atoms with Crippen LogP contribution < -0.4 is 0 Å². The Morgan fingerprint density at radius 3 is 2.62 bits per heavy atom. The molecule has 1 amide bonds. The van der Waals surface area contributed by atoms with Crippen LogP contribution in [0.5, 0.6) is 0 Å². The molecule has 0 spiro atoms. The third-order valence-corrected chi connectivity index (χ3v) is 6.35. The fraction of sp³-hybridized carbons (Fsp3) is 0.273. The number of carbonyl (C=O) groups excluding carboxylic acids is 1. The Balaban J connectivity index is 1.64. The molecule has 0 radical (unpaired) electrons. The van der Waals surface area contributed by atoms with E-state index in [0.29, 0.717) is 18.0 Å². The maximum atomic E-state index is 12.2. The molecule has 0 bridgehead atoms. The second-order valence-corrected chi connectivity index (χ2v) is 7.71. The van der Waals surface area contributed by atoms with Gasteiger partial charge in [0, 0.05) is 17.6 Å². The van der Waals surface area contributed by atoms with Crippen LogP contribution in [-0.4, -0.2) is 50.0 Å². The fourth-order valence-corrected chi connectivity index (χ4v) is 3.95. The molecule has 1 fully saturated rings. The number of nitrogens with zero attached hydrogens (tertiary/aromatic N) is 4. The zero-order chi connectivity index (χ0) is 15.1. The molecule has 1 aliphatic heterocycles. The van der Waals surface area contributed by atoms with Crippen molar-refractivity contribution in [1.82, 2.24) is 19.9 Å². The van der Waals surface area contributed by atoms with Crippen molar-refractivity contribution in [1.29, 1.82) is 0 Å². The van der Waals surface area contributed by atoms with E-state index in [2.05, 4.69) is 42.2 Å². The predicted octanol–water partition coefficient (Wildman–Crippen LogP) is 2.26. The highest BCUT2D eigenvalue weighted by Crippen LogP contribution is 2.34. The molecule has 7 nitrogen and oxygen atoms in total. The quantitative estimate of drug-likeness (QED) is 0.798. The second kappa shape index (κ2) is 5.50. The highest BCUT2D eigenvalue weighted by Gasteiger charge is 2.34. The monoisotopic (exact) mass is 434 g/mol. The molecule has 3 heterocycles. The summed E-state index contributed by atoms with van der Waals surface area (Å²) < 4.78 is 3.23. The number of hydrogen-bond donors (Lipinski definition) is 1. The minimum atomic E-state index is -1.11. The van der Waals surface area contributed by atoms with E-state index in [4.69, 9.17) is 5.11 Å². The van der Waals surface area contributed by atoms with Crippen molar-refractivity contribution >= 4 is 55.1 Å². The van der Waals surface area contributed by atoms with Gasteiger partial charge in [0.1, 0.15) is 0 Å². The van der Waals surface area contributed by atoms with Crippen LogP contribution in [0.2, 0.25) is 0 Å². The van der Waals surface area contributed by atoms with Gasteiger partial charge in [0.2, 0.25) is 0 Å². The second-order valence-electron chi connectivity index (χ2n) is 4.49. The number of amides is 1. The summed E-state index contributed by atoms with van der Waals surface area (Å²) in [4.78, 5) is 25.3. The summed E-state index contributed by atoms with van der Waals surface area (Å²) in [5.74, 6) is -1.15. The van der Waals surface area contributed by atoms with Gasteiger partial charge in [0.05, 0.1) is 20.9 Å². The number of carboxylic acid groups (broad SMARTS) is 1. The van der Waals surface area contributed by atoms with Crippen LogP contribution in [-0.2, 0) is 0 Å². The molecule has 21 heavy (non-hydrogen) atoms. The molecule has 2 aromatic heterocycles. The lowest BCUT2D eigenvalue weighted by Gasteiger charge is -2.38. The average Bonchev–Trinajstić information content (AvgIpc) is 2.96. The molecule has 1 aliphatic rings. The molecule has 0 aromatic carbocycles. The zero-order valence-corrected chi connectivity index (χ0v) is 14.4. The molecule has 110 valence electrons. The van der Waals surface area contributed by atoms with Crippen LogP contribution in [0.15, 0.2) is 20.5 Å². The number of thiophene rings is 1. The molecule has 0 atom stereocenters. The van der Waals surface area contributed by atoms with Gasteiger partial charge in [-0.15, -0.1) is 16.4 Å². The van der Waals surface area contributed by atoms with Gasteiger partial charge in [0.25, 0.3) is 5.91 Å². The van der Waals surface area contributed by atoms with E-state index >= 15 is 0 Å². The Kier molecular flexibility index (Phi) is 3.84. The lowest BCUT2D eigenvalue weighted by molar-refractivity contribution is 0.0502. The summed E-state index contributed by atoms with van der Waals surface area (Å²) in [6, 6.07) is 1.75. The van der Waals surface area contributed by atoms with Crippen molar-refractivity contribution in [3.05, 3.63) is 31.1 Å². The minimum absolute atomic E-state index is 0.0265. The predicted molar refractivity (Wildman–Crippen MR) is 81.6 cm³/mol. The fourth-order valence-electron chi connectivity index (χ4n) is 1.95. The first-order valence-corrected chi connectivity index (χ1v) is 8.25. The van der Waals surface area contributed by atoms with Gasteiger partial charge in [-0.1, -0.05) is 5.21 Å². The Labute approximate surface area is 139 Å². The van der Waals surface area contributed by atoms with Crippen molar-refractivity contribution in [2.24, 2.45) is 0 Å². The number of aromatic carboxylic acids is 1. The van der Waals surface area contributed by atoms with Crippen LogP contribution in [0, 0.1) is 0 Å². The number of hydrogen-bond acceptors (Lipinski definition) is 5. The van der Waals surface area contributed by atoms with E-state index in [0.717, 1.165) is 8.26 Å². The summed E-state index contributed by atoms with van der Waals surface area (Å²) in [5, 5.41) is 16.1. The molecule has 2 aromatic rings. The van der Waals surface area contributed by atoms with Gasteiger partial charge >= 0.3 is 5.97 Å². The number of halogens is 2. The smallest absolute Gasteiger partial charge is 0.358 e. The first kappa shape index (κ1) is 14.7. The third-order valence-electron chi connectivity index (χ3n) is 3.11. The van der Waals surface area contributed by atoms with E-state index in [-0.39, 0.29) is 17.6 Å². The van der Waals surface area contributed by atoms with E-state index in [1.54, 1.807) is 11.0 Å². The highest BCUT2D eigenvalue weighted by atomic mass is 79.9. The Hall–Kier alpha value is -1.26. The molecular weight excluding hydrogens is 428 g/mol. The van der Waals surface area contributed by atoms with Gasteiger partial charge in [-0.3, -0.25) is 4.79 Å². The molecule has 3 rings (SSSR count). The first-order chi connectivity index (χ1) is 9.95. The maximum Gasteiger partial charge on any atom is 0.358 e. The third kappa shape index (κ3) is 2.74. The van der Waals surface area contributed by atoms with Crippen LogP contribution in [0.25, 0.3) is 0 Å². The Morgan fingerprint density at radius 2 is 2.10 bits per heavy atom. The van der Waals surface area contributed by atoms with E-state index < -0.39 is 5.97 Å². The summed E-state index contributed by atoms with van der Waals surface area (Å²) in [5.41, 5.74) is -0.0918. The SMILES string of the molecule is O=C(O)c1cn(C2CN(C(=O)c3cc(Br)c(Br)s3)C2)nn1. The molecule has 1 N–H and O–H groups in total. The number of carbonyl (C=O) groups is 2. The lowest BCUT2D eigenvalue weighted by Crippen LogP contribution is -2.50. The largest absolute Gasteiger partial charge is 0.476 e. The Bertz CT molecular complexity index is 703. The number of rotatable bonds is 3. The summed E-state index contributed by atoms with van der Waals surface area (Å²) >= 11 is 8.09. The molecular formula is C11H8Br2N4O3S. The van der Waals surface area contributed by atoms with Crippen molar-refractivity contribution in [2.45, 2.75) is 6.04 Å². The number of likely N-dealkylation sites (tertiary alicyclic amines) is 1. The topological polar surface area (TPSA) is 88.3 Å². The zero-order valence-electron chi connectivity index (χ0n) is 10.4. The minimum Gasteiger partial charge on any atom is -0.476 e. The van der Waals surface area contributed by atoms with Crippen LogP contribution in [0.3, 0.4) is 0 Å². The standard InChI is InChI=1S/C11H8Br2N4O3S/c12-6-1-8(21-9(6)13)10(18)16-2-5(3-16)17-4-7(11(19)20)14-15-17/h1,4-5H,2-3H2,(H,19,20). The molecule has 1 saturated heterocycles. The average molecular weight is 436 g/mol. The number of carboxylic acids is 1. The van der Waals surface area contributed by atoms with Crippen molar-refractivity contribution in [3.8, 4) is 0 Å². The Morgan fingerprint density at radius 1 is 1.38 bits per heavy atom. The summed E-state index contributed by atoms with van der Waals surface area (Å²) in [7, 11) is 0. The van der Waals surface area contributed by atoms with Gasteiger partial charge < -0.3 is 10.0 Å². The van der Waals surface area contributed by atoms with Crippen molar-refractivity contribution in [3.63, 3.8) is 0 Å². The molecule has 0 saturated carbocycles. The van der Waals surface area contributed by atoms with Crippen molar-refractivity contribution in [2.75, 3.05) is 13.1 Å². The molecule has 0 aliphatic carbocycles. The van der Waals surface area contributed by atoms with Crippen LogP contribution >= 0.6 is 43.2 Å². The van der Waals surface area contributed by atoms with E-state index in [1.165, 1.54) is 22.2 Å². The normalized spacial score (nSPS) is 15.0. The maximum absolute atomic E-state index is 12.2. The summed E-state index contributed by atoms with van der Waals surface area (Å²) in [6.45, 7) is 0.989. The molecule has 0 unspecified atom stereocenters. The van der Waals surface area contributed by atoms with Gasteiger partial charge in [-0.25, -0.2) is 9.48 Å². The van der Waals surface area contributed by atoms with Gasteiger partial charge in [0.15, 0.2) is 5.69 Å². The molecule has 10 heteroatoms. The first-order valence-electron chi connectivity index (χ1n) is 5.85. The van der Waals surface area contributed by atoms with E-state index in [9.17, 15) is 9.59 Å². The lowest BCUT2D eigenvalue weighted by atomic mass is 10.1. The van der Waals surface area contributed by atoms with Gasteiger partial charge in [-0.2, -0.15) is 0 Å². The van der Waals surface area contributed by atoms with Crippen LogP contribution in [0.4, 0.5) is 0 Å². The van der Waals surface area contributed by atoms with Gasteiger partial charge in [-0.05, 0) is 37.9 Å². The van der Waals surface area contributed by atoms with E-state index in [1.807, 2.05) is 0 Å². The highest BCUT2D eigenvalue weighted by molar-refractivity contribution is 9.13. The number of aromatic nitrogens is 3. The summed E-state index contributed by atoms with van der Waals surface area (Å²) in [6.07, 6.45) is 1.38. The van der Waals surface area contributed by atoms with Crippen LogP contribution in [0.1, 0.15) is 26.2 Å².